The molecule has 0 aliphatic carbocycles. The number of pyridine rings is 1. The van der Waals surface area contributed by atoms with Crippen molar-refractivity contribution in [2.75, 3.05) is 18.5 Å². The van der Waals surface area contributed by atoms with Gasteiger partial charge in [-0.1, -0.05) is 18.2 Å². The monoisotopic (exact) mass is 243 g/mol. The van der Waals surface area contributed by atoms with Gasteiger partial charge in [-0.05, 0) is 18.2 Å². The van der Waals surface area contributed by atoms with Crippen LogP contribution in [0.2, 0.25) is 0 Å². The largest absolute Gasteiger partial charge is 0.486 e. The molecule has 4 nitrogen and oxygen atoms in total. The van der Waals surface area contributed by atoms with Crippen LogP contribution in [0.5, 0.6) is 11.5 Å². The molecule has 0 fully saturated rings. The fraction of sp³-hybridized carbons (Fsp3) is 0.214. The lowest BCUT2D eigenvalue weighted by Gasteiger charge is -2.25. The first kappa shape index (κ1) is 10.9. The van der Waals surface area contributed by atoms with Crippen molar-refractivity contribution < 1.29 is 14.5 Å². The summed E-state index contributed by atoms with van der Waals surface area (Å²) in [4.78, 5) is 3.12. The van der Waals surface area contributed by atoms with E-state index in [1.165, 1.54) is 0 Å². The first-order valence-electron chi connectivity index (χ1n) is 6.01. The smallest absolute Gasteiger partial charge is 0.272 e. The molecule has 1 aliphatic heterocycles. The summed E-state index contributed by atoms with van der Waals surface area (Å²) in [6, 6.07) is 13.6. The Morgan fingerprint density at radius 1 is 1.11 bits per heavy atom. The van der Waals surface area contributed by atoms with E-state index in [9.17, 15) is 0 Å². The van der Waals surface area contributed by atoms with Gasteiger partial charge in [-0.25, -0.2) is 4.98 Å². The highest BCUT2D eigenvalue weighted by molar-refractivity contribution is 5.41. The number of aromatic amines is 1. The molecule has 2 aromatic rings. The SMILES string of the molecule is c1ccc(NC[C@H]2COc3ccccc3O2)[nH+]c1. The van der Waals surface area contributed by atoms with E-state index in [0.29, 0.717) is 13.2 Å². The highest BCUT2D eigenvalue weighted by Gasteiger charge is 2.21. The van der Waals surface area contributed by atoms with Crippen LogP contribution in [0, 0.1) is 0 Å². The van der Waals surface area contributed by atoms with Crippen molar-refractivity contribution in [2.45, 2.75) is 6.10 Å². The van der Waals surface area contributed by atoms with E-state index in [2.05, 4.69) is 10.3 Å². The average molecular weight is 243 g/mol. The zero-order valence-corrected chi connectivity index (χ0v) is 9.93. The van der Waals surface area contributed by atoms with Crippen LogP contribution in [0.15, 0.2) is 48.7 Å². The van der Waals surface area contributed by atoms with Crippen molar-refractivity contribution in [2.24, 2.45) is 0 Å². The van der Waals surface area contributed by atoms with Crippen molar-refractivity contribution in [3.63, 3.8) is 0 Å². The number of aromatic nitrogens is 1. The quantitative estimate of drug-likeness (QED) is 0.893. The van der Waals surface area contributed by atoms with E-state index in [1.807, 2.05) is 48.7 Å². The maximum absolute atomic E-state index is 5.85. The van der Waals surface area contributed by atoms with Crippen LogP contribution in [-0.4, -0.2) is 19.3 Å². The van der Waals surface area contributed by atoms with Crippen molar-refractivity contribution in [3.05, 3.63) is 48.7 Å². The maximum atomic E-state index is 5.85. The van der Waals surface area contributed by atoms with E-state index in [-0.39, 0.29) is 6.10 Å². The van der Waals surface area contributed by atoms with Gasteiger partial charge in [0.2, 0.25) is 0 Å². The Bertz CT molecular complexity index is 516. The first-order chi connectivity index (χ1) is 8.92. The highest BCUT2D eigenvalue weighted by atomic mass is 16.6. The Labute approximate surface area is 106 Å². The van der Waals surface area contributed by atoms with Gasteiger partial charge >= 0.3 is 0 Å². The normalized spacial score (nSPS) is 17.2. The summed E-state index contributed by atoms with van der Waals surface area (Å²) in [5.74, 6) is 2.60. The molecule has 2 heterocycles. The minimum Gasteiger partial charge on any atom is -0.486 e. The fourth-order valence-corrected chi connectivity index (χ4v) is 1.89. The van der Waals surface area contributed by atoms with E-state index < -0.39 is 0 Å². The molecular formula is C14H15N2O2+. The number of ether oxygens (including phenoxy) is 2. The lowest BCUT2D eigenvalue weighted by Crippen LogP contribution is -2.36. The second kappa shape index (κ2) is 4.96. The molecule has 0 amide bonds. The summed E-state index contributed by atoms with van der Waals surface area (Å²) < 4.78 is 11.5. The minimum absolute atomic E-state index is 0.0218. The topological polar surface area (TPSA) is 44.6 Å². The van der Waals surface area contributed by atoms with Gasteiger partial charge in [0, 0.05) is 6.07 Å². The van der Waals surface area contributed by atoms with Crippen molar-refractivity contribution in [1.82, 2.24) is 0 Å². The zero-order valence-electron chi connectivity index (χ0n) is 9.93. The molecule has 0 spiro atoms. The van der Waals surface area contributed by atoms with Crippen LogP contribution in [0.25, 0.3) is 0 Å². The van der Waals surface area contributed by atoms with Crippen LogP contribution in [0.4, 0.5) is 5.82 Å². The molecule has 4 heteroatoms. The van der Waals surface area contributed by atoms with Crippen molar-refractivity contribution >= 4 is 5.82 Å². The summed E-state index contributed by atoms with van der Waals surface area (Å²) in [6.07, 6.45) is 1.91. The molecule has 92 valence electrons. The van der Waals surface area contributed by atoms with Gasteiger partial charge < -0.3 is 9.47 Å². The number of H-pyrrole nitrogens is 1. The Morgan fingerprint density at radius 3 is 2.78 bits per heavy atom. The molecule has 0 saturated carbocycles. The van der Waals surface area contributed by atoms with Crippen molar-refractivity contribution in [3.8, 4) is 11.5 Å². The third-order valence-corrected chi connectivity index (χ3v) is 2.80. The first-order valence-corrected chi connectivity index (χ1v) is 6.01. The minimum atomic E-state index is 0.0218. The number of hydrogen-bond donors (Lipinski definition) is 1. The molecule has 1 aromatic carbocycles. The van der Waals surface area contributed by atoms with Gasteiger partial charge in [0.15, 0.2) is 17.6 Å². The molecule has 0 unspecified atom stereocenters. The lowest BCUT2D eigenvalue weighted by atomic mass is 10.2. The third kappa shape index (κ3) is 2.37. The fourth-order valence-electron chi connectivity index (χ4n) is 1.89. The highest BCUT2D eigenvalue weighted by Crippen LogP contribution is 2.30. The standard InChI is InChI=1S/C14H14N2O2/c1-2-6-13-12(5-1)17-10-11(18-13)9-16-14-7-3-4-8-15-14/h1-8,11H,9-10H2,(H,15,16)/p+1/t11-/m0/s1. The second-order valence-electron chi connectivity index (χ2n) is 4.15. The van der Waals surface area contributed by atoms with Gasteiger partial charge in [0.1, 0.15) is 13.2 Å². The number of rotatable bonds is 3. The van der Waals surface area contributed by atoms with Crippen LogP contribution in [-0.2, 0) is 0 Å². The molecule has 3 rings (SSSR count). The van der Waals surface area contributed by atoms with Gasteiger partial charge in [0.05, 0.1) is 6.20 Å². The number of benzene rings is 1. The summed E-state index contributed by atoms with van der Waals surface area (Å²) in [7, 11) is 0. The molecule has 0 radical (unpaired) electrons. The molecule has 0 bridgehead atoms. The summed E-state index contributed by atoms with van der Waals surface area (Å²) in [5.41, 5.74) is 0. The number of para-hydroxylation sites is 2. The van der Waals surface area contributed by atoms with Crippen LogP contribution in [0.3, 0.4) is 0 Å². The predicted molar refractivity (Wildman–Crippen MR) is 67.8 cm³/mol. The van der Waals surface area contributed by atoms with E-state index in [0.717, 1.165) is 17.3 Å². The van der Waals surface area contributed by atoms with Crippen LogP contribution in [0.1, 0.15) is 0 Å². The Hall–Kier alpha value is -2.23. The van der Waals surface area contributed by atoms with Gasteiger partial charge in [-0.3, -0.25) is 5.32 Å². The zero-order chi connectivity index (χ0) is 12.2. The predicted octanol–water partition coefficient (Wildman–Crippen LogP) is 1.75. The molecule has 0 saturated heterocycles. The molecule has 1 aliphatic rings. The van der Waals surface area contributed by atoms with Gasteiger partial charge in [0.25, 0.3) is 5.82 Å². The summed E-state index contributed by atoms with van der Waals surface area (Å²) in [6.45, 7) is 1.27. The number of nitrogens with one attached hydrogen (secondary N) is 2. The van der Waals surface area contributed by atoms with E-state index in [1.54, 1.807) is 0 Å². The Morgan fingerprint density at radius 2 is 1.94 bits per heavy atom. The third-order valence-electron chi connectivity index (χ3n) is 2.80. The molecule has 1 aromatic heterocycles. The Balaban J connectivity index is 1.60. The Kier molecular flexibility index (Phi) is 3.00. The van der Waals surface area contributed by atoms with Crippen LogP contribution >= 0.6 is 0 Å². The molecule has 18 heavy (non-hydrogen) atoms. The molecule has 2 N–H and O–H groups in total. The van der Waals surface area contributed by atoms with E-state index in [4.69, 9.17) is 9.47 Å². The number of hydrogen-bond acceptors (Lipinski definition) is 3. The van der Waals surface area contributed by atoms with E-state index >= 15 is 0 Å². The van der Waals surface area contributed by atoms with Gasteiger partial charge in [-0.15, -0.1) is 0 Å². The number of fused-ring (bicyclic) bond motifs is 1. The lowest BCUT2D eigenvalue weighted by molar-refractivity contribution is -0.361. The van der Waals surface area contributed by atoms with Crippen molar-refractivity contribution in [1.29, 1.82) is 0 Å². The summed E-state index contributed by atoms with van der Waals surface area (Å²) in [5, 5.41) is 3.28. The molecular weight excluding hydrogens is 228 g/mol. The summed E-state index contributed by atoms with van der Waals surface area (Å²) >= 11 is 0. The van der Waals surface area contributed by atoms with Crippen LogP contribution < -0.4 is 19.8 Å². The average Bonchev–Trinajstić information content (AvgIpc) is 2.46. The number of anilines is 1. The molecule has 1 atom stereocenters. The maximum Gasteiger partial charge on any atom is 0.272 e. The second-order valence-corrected chi connectivity index (χ2v) is 4.15. The van der Waals surface area contributed by atoms with Gasteiger partial charge in [-0.2, -0.15) is 0 Å².